The van der Waals surface area contributed by atoms with Crippen molar-refractivity contribution in [2.24, 2.45) is 0 Å². The smallest absolute Gasteiger partial charge is 0.198 e. The minimum Gasteiger partial charge on any atom is -0.367 e. The van der Waals surface area contributed by atoms with Crippen LogP contribution in [0.25, 0.3) is 0 Å². The lowest BCUT2D eigenvalue weighted by Gasteiger charge is -2.05. The molecular formula is C9H14N4S. The molecular weight excluding hydrogens is 196 g/mol. The Bertz CT molecular complexity index is 369. The summed E-state index contributed by atoms with van der Waals surface area (Å²) >= 11 is 5.04. The zero-order valence-electron chi connectivity index (χ0n) is 8.13. The van der Waals surface area contributed by atoms with Crippen molar-refractivity contribution in [2.45, 2.75) is 25.4 Å². The topological polar surface area (TPSA) is 52.7 Å². The van der Waals surface area contributed by atoms with E-state index in [1.54, 1.807) is 0 Å². The molecule has 0 saturated heterocycles. The Morgan fingerprint density at radius 1 is 1.64 bits per heavy atom. The second kappa shape index (κ2) is 4.06. The van der Waals surface area contributed by atoms with Crippen LogP contribution in [0, 0.1) is 4.77 Å². The summed E-state index contributed by atoms with van der Waals surface area (Å²) in [5.74, 6) is 0.890. The zero-order valence-corrected chi connectivity index (χ0v) is 8.95. The van der Waals surface area contributed by atoms with Crippen molar-refractivity contribution in [3.05, 3.63) is 16.5 Å². The highest BCUT2D eigenvalue weighted by Crippen LogP contribution is 2.23. The Balaban J connectivity index is 2.16. The van der Waals surface area contributed by atoms with Crippen LogP contribution in [0.5, 0.6) is 0 Å². The third kappa shape index (κ3) is 2.52. The van der Waals surface area contributed by atoms with E-state index in [1.807, 2.05) is 13.1 Å². The van der Waals surface area contributed by atoms with Gasteiger partial charge in [-0.1, -0.05) is 0 Å². The molecule has 4 nitrogen and oxygen atoms in total. The number of hydrogen-bond acceptors (Lipinski definition) is 4. The fraction of sp³-hybridized carbons (Fsp3) is 0.556. The average molecular weight is 210 g/mol. The van der Waals surface area contributed by atoms with Crippen LogP contribution in [0.2, 0.25) is 0 Å². The van der Waals surface area contributed by atoms with E-state index in [9.17, 15) is 0 Å². The van der Waals surface area contributed by atoms with Crippen LogP contribution in [0.15, 0.2) is 6.07 Å². The van der Waals surface area contributed by atoms with Crippen LogP contribution in [0.4, 0.5) is 5.82 Å². The van der Waals surface area contributed by atoms with E-state index in [0.717, 1.165) is 18.1 Å². The first-order valence-electron chi connectivity index (χ1n) is 4.79. The Hall–Kier alpha value is -0.940. The number of anilines is 1. The SMILES string of the molecule is CNCc1cc(NC2CC2)nc(=S)[nH]1. The van der Waals surface area contributed by atoms with E-state index < -0.39 is 0 Å². The van der Waals surface area contributed by atoms with Crippen LogP contribution in [0.1, 0.15) is 18.5 Å². The maximum absolute atomic E-state index is 5.04. The maximum atomic E-state index is 5.04. The summed E-state index contributed by atoms with van der Waals surface area (Å²) in [6, 6.07) is 2.62. The highest BCUT2D eigenvalue weighted by atomic mass is 32.1. The summed E-state index contributed by atoms with van der Waals surface area (Å²) in [7, 11) is 1.91. The maximum Gasteiger partial charge on any atom is 0.198 e. The minimum absolute atomic E-state index is 0.543. The fourth-order valence-corrected chi connectivity index (χ4v) is 1.53. The Morgan fingerprint density at radius 3 is 3.07 bits per heavy atom. The highest BCUT2D eigenvalue weighted by molar-refractivity contribution is 7.71. The molecule has 2 rings (SSSR count). The second-order valence-corrected chi connectivity index (χ2v) is 3.93. The predicted molar refractivity (Wildman–Crippen MR) is 58.8 cm³/mol. The lowest BCUT2D eigenvalue weighted by molar-refractivity contribution is 0.783. The van der Waals surface area contributed by atoms with Crippen LogP contribution in [-0.2, 0) is 6.54 Å². The van der Waals surface area contributed by atoms with Gasteiger partial charge in [0.1, 0.15) is 5.82 Å². The summed E-state index contributed by atoms with van der Waals surface area (Å²) in [4.78, 5) is 7.26. The molecule has 1 aliphatic carbocycles. The summed E-state index contributed by atoms with van der Waals surface area (Å²) in [6.45, 7) is 0.783. The van der Waals surface area contributed by atoms with Crippen molar-refractivity contribution in [3.8, 4) is 0 Å². The van der Waals surface area contributed by atoms with Crippen molar-refractivity contribution in [2.75, 3.05) is 12.4 Å². The van der Waals surface area contributed by atoms with E-state index >= 15 is 0 Å². The largest absolute Gasteiger partial charge is 0.367 e. The lowest BCUT2D eigenvalue weighted by atomic mass is 10.4. The van der Waals surface area contributed by atoms with Crippen molar-refractivity contribution < 1.29 is 0 Å². The number of H-pyrrole nitrogens is 1. The van der Waals surface area contributed by atoms with Crippen molar-refractivity contribution in [1.82, 2.24) is 15.3 Å². The molecule has 1 fully saturated rings. The third-order valence-corrected chi connectivity index (χ3v) is 2.29. The molecule has 0 radical (unpaired) electrons. The molecule has 14 heavy (non-hydrogen) atoms. The summed E-state index contributed by atoms with van der Waals surface area (Å²) in [5.41, 5.74) is 1.07. The molecule has 76 valence electrons. The molecule has 3 N–H and O–H groups in total. The van der Waals surface area contributed by atoms with Gasteiger partial charge in [0.15, 0.2) is 4.77 Å². The third-order valence-electron chi connectivity index (χ3n) is 2.10. The van der Waals surface area contributed by atoms with Crippen molar-refractivity contribution in [1.29, 1.82) is 0 Å². The van der Waals surface area contributed by atoms with Crippen LogP contribution >= 0.6 is 12.2 Å². The van der Waals surface area contributed by atoms with Crippen LogP contribution < -0.4 is 10.6 Å². The van der Waals surface area contributed by atoms with Crippen molar-refractivity contribution in [3.63, 3.8) is 0 Å². The molecule has 0 atom stereocenters. The molecule has 0 aromatic carbocycles. The number of aromatic amines is 1. The van der Waals surface area contributed by atoms with E-state index in [0.29, 0.717) is 10.8 Å². The molecule has 0 amide bonds. The summed E-state index contributed by atoms with van der Waals surface area (Å²) in [5, 5.41) is 6.40. The number of rotatable bonds is 4. The molecule has 1 aromatic rings. The molecule has 1 aliphatic rings. The summed E-state index contributed by atoms with van der Waals surface area (Å²) in [6.07, 6.45) is 2.49. The first-order chi connectivity index (χ1) is 6.78. The average Bonchev–Trinajstić information content (AvgIpc) is 2.87. The number of hydrogen-bond donors (Lipinski definition) is 3. The van der Waals surface area contributed by atoms with E-state index in [4.69, 9.17) is 12.2 Å². The van der Waals surface area contributed by atoms with E-state index in [2.05, 4.69) is 20.6 Å². The lowest BCUT2D eigenvalue weighted by Crippen LogP contribution is -2.10. The first-order valence-corrected chi connectivity index (χ1v) is 5.20. The molecule has 0 aliphatic heterocycles. The Kier molecular flexibility index (Phi) is 2.79. The minimum atomic E-state index is 0.543. The van der Waals surface area contributed by atoms with Gasteiger partial charge < -0.3 is 15.6 Å². The van der Waals surface area contributed by atoms with Gasteiger partial charge in [-0.05, 0) is 32.1 Å². The molecule has 0 unspecified atom stereocenters. The predicted octanol–water partition coefficient (Wildman–Crippen LogP) is 1.43. The van der Waals surface area contributed by atoms with Gasteiger partial charge >= 0.3 is 0 Å². The van der Waals surface area contributed by atoms with E-state index in [1.165, 1.54) is 12.8 Å². The van der Waals surface area contributed by atoms with Gasteiger partial charge in [0.25, 0.3) is 0 Å². The second-order valence-electron chi connectivity index (χ2n) is 3.55. The van der Waals surface area contributed by atoms with Gasteiger partial charge in [-0.25, -0.2) is 4.98 Å². The van der Waals surface area contributed by atoms with Gasteiger partial charge in [0.2, 0.25) is 0 Å². The molecule has 1 aromatic heterocycles. The van der Waals surface area contributed by atoms with E-state index in [-0.39, 0.29) is 0 Å². The van der Waals surface area contributed by atoms with Gasteiger partial charge in [-0.3, -0.25) is 0 Å². The molecule has 0 spiro atoms. The molecule has 1 heterocycles. The van der Waals surface area contributed by atoms with Gasteiger partial charge in [0.05, 0.1) is 0 Å². The van der Waals surface area contributed by atoms with Gasteiger partial charge in [-0.2, -0.15) is 0 Å². The van der Waals surface area contributed by atoms with Crippen LogP contribution in [0.3, 0.4) is 0 Å². The monoisotopic (exact) mass is 210 g/mol. The first kappa shape index (κ1) is 9.61. The summed E-state index contributed by atoms with van der Waals surface area (Å²) < 4.78 is 0.543. The highest BCUT2D eigenvalue weighted by Gasteiger charge is 2.21. The van der Waals surface area contributed by atoms with Crippen molar-refractivity contribution >= 4 is 18.0 Å². The zero-order chi connectivity index (χ0) is 9.97. The number of nitrogens with one attached hydrogen (secondary N) is 3. The Labute approximate surface area is 88.1 Å². The number of aromatic nitrogens is 2. The molecule has 0 bridgehead atoms. The fourth-order valence-electron chi connectivity index (χ4n) is 1.30. The van der Waals surface area contributed by atoms with Crippen LogP contribution in [-0.4, -0.2) is 23.1 Å². The quantitative estimate of drug-likeness (QED) is 0.658. The Morgan fingerprint density at radius 2 is 2.43 bits per heavy atom. The van der Waals surface area contributed by atoms with Gasteiger partial charge in [-0.15, -0.1) is 0 Å². The molecule has 5 heteroatoms. The molecule has 1 saturated carbocycles. The normalized spacial score (nSPS) is 15.5. The number of nitrogens with zero attached hydrogens (tertiary/aromatic N) is 1. The standard InChI is InChI=1S/C9H14N4S/c1-10-5-7-4-8(11-6-2-3-6)13-9(14)12-7/h4,6,10H,2-3,5H2,1H3,(H2,11,12,13,14). The van der Waals surface area contributed by atoms with Gasteiger partial charge in [0, 0.05) is 24.3 Å².